The molecule has 3 N–H and O–H groups in total. The maximum atomic E-state index is 11.7. The number of carboxylic acids is 1. The van der Waals surface area contributed by atoms with E-state index < -0.39 is 29.8 Å². The van der Waals surface area contributed by atoms with Crippen LogP contribution in [0.1, 0.15) is 39.2 Å². The summed E-state index contributed by atoms with van der Waals surface area (Å²) in [4.78, 5) is 34.6. The van der Waals surface area contributed by atoms with Gasteiger partial charge in [-0.3, -0.25) is 0 Å². The van der Waals surface area contributed by atoms with E-state index in [9.17, 15) is 19.5 Å². The zero-order chi connectivity index (χ0) is 21.7. The molecule has 0 aromatic heterocycles. The summed E-state index contributed by atoms with van der Waals surface area (Å²) in [7, 11) is 0. The van der Waals surface area contributed by atoms with Gasteiger partial charge in [-0.2, -0.15) is 11.8 Å². The molecule has 0 fully saturated rings. The number of carbonyl (C=O) groups is 3. The summed E-state index contributed by atoms with van der Waals surface area (Å²) in [5, 5.41) is 14.3. The molecular formula is C20H30N2O6S. The van der Waals surface area contributed by atoms with Gasteiger partial charge in [0.05, 0.1) is 0 Å². The average molecular weight is 427 g/mol. The third kappa shape index (κ3) is 12.6. The number of benzene rings is 1. The van der Waals surface area contributed by atoms with Gasteiger partial charge < -0.3 is 25.2 Å². The number of amides is 2. The van der Waals surface area contributed by atoms with Crippen LogP contribution < -0.4 is 10.6 Å². The summed E-state index contributed by atoms with van der Waals surface area (Å²) in [5.74, 6) is 0.211. The summed E-state index contributed by atoms with van der Waals surface area (Å²) in [6.45, 7) is 5.83. The van der Waals surface area contributed by atoms with Crippen LogP contribution >= 0.6 is 11.8 Å². The number of carboxylic acid groups (broad SMARTS) is 1. The number of hydrogen-bond acceptors (Lipinski definition) is 6. The molecule has 0 bridgehead atoms. The molecule has 162 valence electrons. The molecule has 0 saturated carbocycles. The van der Waals surface area contributed by atoms with Crippen LogP contribution in [0.2, 0.25) is 0 Å². The van der Waals surface area contributed by atoms with Crippen molar-refractivity contribution >= 4 is 29.9 Å². The van der Waals surface area contributed by atoms with E-state index >= 15 is 0 Å². The van der Waals surface area contributed by atoms with Crippen molar-refractivity contribution in [1.82, 2.24) is 10.6 Å². The maximum absolute atomic E-state index is 11.7. The molecule has 1 aromatic rings. The fraction of sp³-hybridized carbons (Fsp3) is 0.550. The van der Waals surface area contributed by atoms with Gasteiger partial charge in [-0.25, -0.2) is 14.4 Å². The van der Waals surface area contributed by atoms with Crippen LogP contribution in [-0.2, 0) is 20.9 Å². The van der Waals surface area contributed by atoms with Gasteiger partial charge in [-0.1, -0.05) is 30.3 Å². The summed E-state index contributed by atoms with van der Waals surface area (Å²) < 4.78 is 10.2. The zero-order valence-corrected chi connectivity index (χ0v) is 17.9. The Morgan fingerprint density at radius 3 is 2.41 bits per heavy atom. The topological polar surface area (TPSA) is 114 Å². The van der Waals surface area contributed by atoms with Crippen molar-refractivity contribution in [3.63, 3.8) is 0 Å². The van der Waals surface area contributed by atoms with Crippen molar-refractivity contribution < 1.29 is 29.0 Å². The molecule has 1 rings (SSSR count). The molecule has 2 amide bonds. The Morgan fingerprint density at radius 2 is 1.79 bits per heavy atom. The van der Waals surface area contributed by atoms with Crippen molar-refractivity contribution in [1.29, 1.82) is 0 Å². The Morgan fingerprint density at radius 1 is 1.10 bits per heavy atom. The van der Waals surface area contributed by atoms with Gasteiger partial charge in [0.1, 0.15) is 18.2 Å². The normalized spacial score (nSPS) is 12.0. The van der Waals surface area contributed by atoms with E-state index in [0.717, 1.165) is 17.7 Å². The quantitative estimate of drug-likeness (QED) is 0.465. The number of rotatable bonds is 11. The SMILES string of the molecule is CC(C)(C)OC(=O)N[C@@H](CCSCCCNC(=O)OCc1ccccc1)C(=O)O. The standard InChI is InChI=1S/C20H30N2O6S/c1-20(2,3)28-19(26)22-16(17(23)24)10-13-29-12-7-11-21-18(25)27-14-15-8-5-4-6-9-15/h4-6,8-9,16H,7,10-14H2,1-3H3,(H,21,25)(H,22,26)(H,23,24)/t16-/m0/s1. The van der Waals surface area contributed by atoms with Gasteiger partial charge >= 0.3 is 18.2 Å². The van der Waals surface area contributed by atoms with E-state index in [-0.39, 0.29) is 13.0 Å². The Bertz CT molecular complexity index is 648. The van der Waals surface area contributed by atoms with Crippen molar-refractivity contribution in [2.75, 3.05) is 18.1 Å². The first-order valence-corrected chi connectivity index (χ1v) is 10.6. The predicted molar refractivity (Wildman–Crippen MR) is 112 cm³/mol. The number of alkyl carbamates (subject to hydrolysis) is 2. The molecule has 0 unspecified atom stereocenters. The van der Waals surface area contributed by atoms with Crippen LogP contribution in [0.15, 0.2) is 30.3 Å². The molecule has 0 spiro atoms. The molecule has 1 aromatic carbocycles. The smallest absolute Gasteiger partial charge is 0.408 e. The van der Waals surface area contributed by atoms with Crippen LogP contribution in [-0.4, -0.2) is 53.0 Å². The van der Waals surface area contributed by atoms with Crippen molar-refractivity contribution in [3.8, 4) is 0 Å². The maximum Gasteiger partial charge on any atom is 0.408 e. The highest BCUT2D eigenvalue weighted by molar-refractivity contribution is 7.99. The minimum atomic E-state index is -1.10. The molecule has 0 aliphatic rings. The molecule has 0 heterocycles. The average Bonchev–Trinajstić information content (AvgIpc) is 2.63. The molecule has 0 aliphatic heterocycles. The van der Waals surface area contributed by atoms with Crippen molar-refractivity contribution in [3.05, 3.63) is 35.9 Å². The van der Waals surface area contributed by atoms with Gasteiger partial charge in [-0.05, 0) is 50.7 Å². The Hall–Kier alpha value is -2.42. The van der Waals surface area contributed by atoms with Crippen LogP contribution in [0, 0.1) is 0 Å². The summed E-state index contributed by atoms with van der Waals surface area (Å²) in [6.07, 6.45) is -0.201. The highest BCUT2D eigenvalue weighted by atomic mass is 32.2. The van der Waals surface area contributed by atoms with E-state index in [1.165, 1.54) is 0 Å². The van der Waals surface area contributed by atoms with Gasteiger partial charge in [0.2, 0.25) is 0 Å². The lowest BCUT2D eigenvalue weighted by Crippen LogP contribution is -2.43. The number of ether oxygens (including phenoxy) is 2. The van der Waals surface area contributed by atoms with E-state index in [1.807, 2.05) is 30.3 Å². The second-order valence-electron chi connectivity index (χ2n) is 7.28. The molecule has 0 saturated heterocycles. The molecule has 8 nitrogen and oxygen atoms in total. The molecule has 1 atom stereocenters. The molecule has 0 aliphatic carbocycles. The third-order valence-electron chi connectivity index (χ3n) is 3.49. The number of carbonyl (C=O) groups excluding carboxylic acids is 2. The number of thioether (sulfide) groups is 1. The first kappa shape index (κ1) is 24.6. The van der Waals surface area contributed by atoms with E-state index in [1.54, 1.807) is 32.5 Å². The minimum absolute atomic E-state index is 0.225. The van der Waals surface area contributed by atoms with Crippen molar-refractivity contribution in [2.45, 2.75) is 51.9 Å². The number of hydrogen-bond donors (Lipinski definition) is 3. The highest BCUT2D eigenvalue weighted by Crippen LogP contribution is 2.10. The number of nitrogens with one attached hydrogen (secondary N) is 2. The van der Waals surface area contributed by atoms with Gasteiger partial charge in [0.15, 0.2) is 0 Å². The van der Waals surface area contributed by atoms with Gasteiger partial charge in [0.25, 0.3) is 0 Å². The summed E-state index contributed by atoms with van der Waals surface area (Å²) in [5.41, 5.74) is 0.239. The van der Waals surface area contributed by atoms with E-state index in [4.69, 9.17) is 9.47 Å². The third-order valence-corrected chi connectivity index (χ3v) is 4.59. The first-order valence-electron chi connectivity index (χ1n) is 9.42. The second kappa shape index (κ2) is 12.9. The molecule has 29 heavy (non-hydrogen) atoms. The zero-order valence-electron chi connectivity index (χ0n) is 17.1. The monoisotopic (exact) mass is 426 g/mol. The summed E-state index contributed by atoms with van der Waals surface area (Å²) >= 11 is 1.55. The second-order valence-corrected chi connectivity index (χ2v) is 8.50. The Balaban J connectivity index is 2.11. The van der Waals surface area contributed by atoms with Crippen LogP contribution in [0.3, 0.4) is 0 Å². The van der Waals surface area contributed by atoms with E-state index in [2.05, 4.69) is 10.6 Å². The number of aliphatic carboxylic acids is 1. The molecular weight excluding hydrogens is 396 g/mol. The lowest BCUT2D eigenvalue weighted by molar-refractivity contribution is -0.139. The lowest BCUT2D eigenvalue weighted by Gasteiger charge is -2.21. The largest absolute Gasteiger partial charge is 0.480 e. The highest BCUT2D eigenvalue weighted by Gasteiger charge is 2.23. The fourth-order valence-corrected chi connectivity index (χ4v) is 3.10. The Labute approximate surface area is 175 Å². The van der Waals surface area contributed by atoms with E-state index in [0.29, 0.717) is 12.3 Å². The van der Waals surface area contributed by atoms with Gasteiger partial charge in [-0.15, -0.1) is 0 Å². The summed E-state index contributed by atoms with van der Waals surface area (Å²) in [6, 6.07) is 8.42. The van der Waals surface area contributed by atoms with Crippen LogP contribution in [0.5, 0.6) is 0 Å². The molecule has 9 heteroatoms. The van der Waals surface area contributed by atoms with Crippen LogP contribution in [0.4, 0.5) is 9.59 Å². The molecule has 0 radical (unpaired) electrons. The van der Waals surface area contributed by atoms with Crippen molar-refractivity contribution in [2.24, 2.45) is 0 Å². The Kier molecular flexibility index (Phi) is 11.0. The lowest BCUT2D eigenvalue weighted by atomic mass is 10.2. The minimum Gasteiger partial charge on any atom is -0.480 e. The predicted octanol–water partition coefficient (Wildman–Crippen LogP) is 3.40. The van der Waals surface area contributed by atoms with Crippen LogP contribution in [0.25, 0.3) is 0 Å². The first-order chi connectivity index (χ1) is 13.7. The fourth-order valence-electron chi connectivity index (χ4n) is 2.15. The van der Waals surface area contributed by atoms with Gasteiger partial charge in [0, 0.05) is 6.54 Å².